The Morgan fingerprint density at radius 1 is 0.867 bits per heavy atom. The van der Waals surface area contributed by atoms with Gasteiger partial charge in [-0.05, 0) is 77.5 Å². The molecule has 5 rings (SSSR count). The van der Waals surface area contributed by atoms with Crippen molar-refractivity contribution in [3.63, 3.8) is 0 Å². The van der Waals surface area contributed by atoms with Crippen LogP contribution in [0.2, 0.25) is 0 Å². The lowest BCUT2D eigenvalue weighted by Crippen LogP contribution is -2.01. The summed E-state index contributed by atoms with van der Waals surface area (Å²) in [5.41, 5.74) is 5.10. The SMILES string of the molecule is Cc1ccc(-n2nnnc2Sc2nc(-c3ccncc3)nc3ccccc23)cc1C. The zero-order valence-electron chi connectivity index (χ0n) is 16.4. The quantitative estimate of drug-likeness (QED) is 0.404. The highest BCUT2D eigenvalue weighted by molar-refractivity contribution is 7.99. The first kappa shape index (κ1) is 18.4. The van der Waals surface area contributed by atoms with E-state index < -0.39 is 0 Å². The molecule has 0 amide bonds. The Hall–Kier alpha value is -3.65. The first-order valence-electron chi connectivity index (χ1n) is 9.40. The molecule has 0 saturated heterocycles. The molecule has 0 N–H and O–H groups in total. The van der Waals surface area contributed by atoms with Crippen molar-refractivity contribution in [3.05, 3.63) is 78.1 Å². The summed E-state index contributed by atoms with van der Waals surface area (Å²) in [7, 11) is 0. The van der Waals surface area contributed by atoms with Crippen LogP contribution in [-0.2, 0) is 0 Å². The Kier molecular flexibility index (Phi) is 4.68. The van der Waals surface area contributed by atoms with Gasteiger partial charge in [0.15, 0.2) is 5.82 Å². The third-order valence-corrected chi connectivity index (χ3v) is 5.81. The van der Waals surface area contributed by atoms with Crippen LogP contribution in [0.3, 0.4) is 0 Å². The second kappa shape index (κ2) is 7.64. The maximum absolute atomic E-state index is 4.83. The first-order chi connectivity index (χ1) is 14.7. The molecule has 3 heterocycles. The molecule has 0 bridgehead atoms. The Morgan fingerprint density at radius 3 is 2.53 bits per heavy atom. The van der Waals surface area contributed by atoms with Gasteiger partial charge in [-0.1, -0.05) is 24.3 Å². The Labute approximate surface area is 177 Å². The van der Waals surface area contributed by atoms with Gasteiger partial charge in [0, 0.05) is 23.3 Å². The van der Waals surface area contributed by atoms with Gasteiger partial charge in [0.2, 0.25) is 5.16 Å². The van der Waals surface area contributed by atoms with Crippen LogP contribution in [0.15, 0.2) is 77.2 Å². The minimum absolute atomic E-state index is 0.641. The second-order valence-electron chi connectivity index (χ2n) is 6.85. The molecule has 0 aliphatic heterocycles. The van der Waals surface area contributed by atoms with Crippen LogP contribution in [0.25, 0.3) is 28.0 Å². The summed E-state index contributed by atoms with van der Waals surface area (Å²) < 4.78 is 1.74. The lowest BCUT2D eigenvalue weighted by Gasteiger charge is -2.09. The highest BCUT2D eigenvalue weighted by Gasteiger charge is 2.16. The number of hydrogen-bond donors (Lipinski definition) is 0. The third-order valence-electron chi connectivity index (χ3n) is 4.87. The van der Waals surface area contributed by atoms with E-state index in [9.17, 15) is 0 Å². The summed E-state index contributed by atoms with van der Waals surface area (Å²) in [6.45, 7) is 4.16. The molecule has 0 spiro atoms. The van der Waals surface area contributed by atoms with Crippen molar-refractivity contribution >= 4 is 22.7 Å². The molecule has 5 aromatic rings. The fraction of sp³-hybridized carbons (Fsp3) is 0.0909. The van der Waals surface area contributed by atoms with Crippen molar-refractivity contribution in [2.75, 3.05) is 0 Å². The van der Waals surface area contributed by atoms with Gasteiger partial charge in [-0.25, -0.2) is 9.97 Å². The average molecular weight is 411 g/mol. The summed E-state index contributed by atoms with van der Waals surface area (Å²) in [6.07, 6.45) is 3.47. The van der Waals surface area contributed by atoms with Crippen molar-refractivity contribution in [2.24, 2.45) is 0 Å². The molecule has 3 aromatic heterocycles. The van der Waals surface area contributed by atoms with Crippen LogP contribution in [0, 0.1) is 13.8 Å². The number of tetrazole rings is 1. The van der Waals surface area contributed by atoms with Gasteiger partial charge in [-0.2, -0.15) is 4.68 Å². The normalized spacial score (nSPS) is 11.1. The number of hydrogen-bond acceptors (Lipinski definition) is 7. The Balaban J connectivity index is 1.61. The molecule has 2 aromatic carbocycles. The van der Waals surface area contributed by atoms with E-state index in [-0.39, 0.29) is 0 Å². The van der Waals surface area contributed by atoms with Crippen LogP contribution in [0.1, 0.15) is 11.1 Å². The molecule has 0 atom stereocenters. The van der Waals surface area contributed by atoms with E-state index in [4.69, 9.17) is 9.97 Å². The van der Waals surface area contributed by atoms with Gasteiger partial charge in [-0.3, -0.25) is 4.98 Å². The van der Waals surface area contributed by atoms with Gasteiger partial charge >= 0.3 is 0 Å². The van der Waals surface area contributed by atoms with E-state index >= 15 is 0 Å². The van der Waals surface area contributed by atoms with Crippen LogP contribution >= 0.6 is 11.8 Å². The Bertz CT molecular complexity index is 1350. The number of para-hydroxylation sites is 1. The molecule has 146 valence electrons. The second-order valence-corrected chi connectivity index (χ2v) is 7.81. The van der Waals surface area contributed by atoms with Crippen molar-refractivity contribution in [2.45, 2.75) is 24.0 Å². The highest BCUT2D eigenvalue weighted by atomic mass is 32.2. The standard InChI is InChI=1S/C22H17N7S/c1-14-7-8-17(13-15(14)2)29-22(26-27-28-29)30-21-18-5-3-4-6-19(18)24-20(25-21)16-9-11-23-12-10-16/h3-13H,1-2H3. The molecule has 0 aliphatic carbocycles. The number of pyridine rings is 1. The van der Waals surface area contributed by atoms with E-state index in [1.54, 1.807) is 17.1 Å². The predicted molar refractivity (Wildman–Crippen MR) is 116 cm³/mol. The zero-order chi connectivity index (χ0) is 20.5. The van der Waals surface area contributed by atoms with Gasteiger partial charge in [-0.15, -0.1) is 5.10 Å². The summed E-state index contributed by atoms with van der Waals surface area (Å²) in [5.74, 6) is 0.642. The number of aryl methyl sites for hydroxylation is 2. The van der Waals surface area contributed by atoms with E-state index in [0.29, 0.717) is 11.0 Å². The summed E-state index contributed by atoms with van der Waals surface area (Å²) in [6, 6.07) is 17.9. The molecule has 8 heteroatoms. The fourth-order valence-corrected chi connectivity index (χ4v) is 4.00. The molecule has 30 heavy (non-hydrogen) atoms. The molecule has 0 aliphatic rings. The number of aromatic nitrogens is 7. The summed E-state index contributed by atoms with van der Waals surface area (Å²) in [4.78, 5) is 13.6. The van der Waals surface area contributed by atoms with E-state index in [1.807, 2.05) is 42.5 Å². The van der Waals surface area contributed by atoms with Gasteiger partial charge in [0.1, 0.15) is 5.03 Å². The zero-order valence-corrected chi connectivity index (χ0v) is 17.2. The monoisotopic (exact) mass is 411 g/mol. The van der Waals surface area contributed by atoms with Crippen molar-refractivity contribution in [1.29, 1.82) is 0 Å². The van der Waals surface area contributed by atoms with E-state index in [2.05, 4.69) is 46.5 Å². The van der Waals surface area contributed by atoms with Crippen molar-refractivity contribution in [3.8, 4) is 17.1 Å². The number of benzene rings is 2. The van der Waals surface area contributed by atoms with Crippen LogP contribution in [-0.4, -0.2) is 35.2 Å². The van der Waals surface area contributed by atoms with Crippen LogP contribution < -0.4 is 0 Å². The summed E-state index contributed by atoms with van der Waals surface area (Å²) in [5, 5.41) is 14.7. The topological polar surface area (TPSA) is 82.3 Å². The fourth-order valence-electron chi connectivity index (χ4n) is 3.10. The Morgan fingerprint density at radius 2 is 1.70 bits per heavy atom. The minimum atomic E-state index is 0.641. The lowest BCUT2D eigenvalue weighted by molar-refractivity contribution is 0.755. The average Bonchev–Trinajstić information content (AvgIpc) is 3.24. The summed E-state index contributed by atoms with van der Waals surface area (Å²) >= 11 is 1.42. The van der Waals surface area contributed by atoms with Crippen LogP contribution in [0.4, 0.5) is 0 Å². The van der Waals surface area contributed by atoms with Gasteiger partial charge < -0.3 is 0 Å². The van der Waals surface area contributed by atoms with Crippen molar-refractivity contribution in [1.82, 2.24) is 35.2 Å². The molecule has 0 unspecified atom stereocenters. The first-order valence-corrected chi connectivity index (χ1v) is 10.2. The van der Waals surface area contributed by atoms with E-state index in [1.165, 1.54) is 22.9 Å². The maximum atomic E-state index is 4.83. The molecular weight excluding hydrogens is 394 g/mol. The van der Waals surface area contributed by atoms with Gasteiger partial charge in [0.05, 0.1) is 11.2 Å². The number of fused-ring (bicyclic) bond motifs is 1. The number of nitrogens with zero attached hydrogens (tertiary/aromatic N) is 7. The minimum Gasteiger partial charge on any atom is -0.265 e. The smallest absolute Gasteiger partial charge is 0.220 e. The van der Waals surface area contributed by atoms with Crippen LogP contribution in [0.5, 0.6) is 0 Å². The van der Waals surface area contributed by atoms with Gasteiger partial charge in [0.25, 0.3) is 0 Å². The molecular formula is C22H17N7S. The van der Waals surface area contributed by atoms with Crippen molar-refractivity contribution < 1.29 is 0 Å². The van der Waals surface area contributed by atoms with E-state index in [0.717, 1.165) is 27.2 Å². The lowest BCUT2D eigenvalue weighted by atomic mass is 10.1. The molecule has 0 saturated carbocycles. The third kappa shape index (κ3) is 3.42. The molecule has 0 fully saturated rings. The largest absolute Gasteiger partial charge is 0.265 e. The molecule has 0 radical (unpaired) electrons. The maximum Gasteiger partial charge on any atom is 0.220 e. The molecule has 7 nitrogen and oxygen atoms in total. The predicted octanol–water partition coefficient (Wildman–Crippen LogP) is 4.44. The highest BCUT2D eigenvalue weighted by Crippen LogP contribution is 2.33. The number of rotatable bonds is 4.